The number of hydrogen-bond donors (Lipinski definition) is 1. The third-order valence-corrected chi connectivity index (χ3v) is 3.58. The predicted molar refractivity (Wildman–Crippen MR) is 77.5 cm³/mol. The fourth-order valence-corrected chi connectivity index (χ4v) is 2.43. The summed E-state index contributed by atoms with van der Waals surface area (Å²) in [6.45, 7) is 8.93. The van der Waals surface area contributed by atoms with Crippen LogP contribution in [0.1, 0.15) is 52.3 Å². The zero-order chi connectivity index (χ0) is 14.8. The highest BCUT2D eigenvalue weighted by Crippen LogP contribution is 2.25. The molecule has 0 radical (unpaired) electrons. The van der Waals surface area contributed by atoms with Crippen molar-refractivity contribution < 1.29 is 9.53 Å². The van der Waals surface area contributed by atoms with Gasteiger partial charge in [-0.3, -0.25) is 5.32 Å². The van der Waals surface area contributed by atoms with Crippen molar-refractivity contribution in [1.29, 1.82) is 0 Å². The Morgan fingerprint density at radius 2 is 2.30 bits per heavy atom. The van der Waals surface area contributed by atoms with Gasteiger partial charge in [0.2, 0.25) is 0 Å². The van der Waals surface area contributed by atoms with Crippen LogP contribution in [-0.2, 0) is 16.1 Å². The van der Waals surface area contributed by atoms with Crippen molar-refractivity contribution in [1.82, 2.24) is 14.9 Å². The highest BCUT2D eigenvalue weighted by atomic mass is 16.5. The number of esters is 1. The molecule has 0 aromatic carbocycles. The normalized spacial score (nSPS) is 18.1. The van der Waals surface area contributed by atoms with Gasteiger partial charge in [0.25, 0.3) is 0 Å². The molecule has 1 aliphatic rings. The molecule has 112 valence electrons. The topological polar surface area (TPSA) is 56.2 Å². The van der Waals surface area contributed by atoms with E-state index in [-0.39, 0.29) is 5.97 Å². The molecule has 0 amide bonds. The van der Waals surface area contributed by atoms with Gasteiger partial charge in [-0.05, 0) is 26.7 Å². The molecule has 1 unspecified atom stereocenters. The van der Waals surface area contributed by atoms with Crippen LogP contribution >= 0.6 is 0 Å². The first-order chi connectivity index (χ1) is 9.46. The SMILES string of the molecule is CCOC(=O)C(C)(Cn1ccnc1C(C)C)NC1CC1. The number of imidazole rings is 1. The summed E-state index contributed by atoms with van der Waals surface area (Å²) in [6.07, 6.45) is 5.99. The standard InChI is InChI=1S/C15H25N3O2/c1-5-20-14(19)15(4,17-12-6-7-12)10-18-9-8-16-13(18)11(2)3/h8-9,11-12,17H,5-7,10H2,1-4H3. The van der Waals surface area contributed by atoms with E-state index < -0.39 is 5.54 Å². The maximum atomic E-state index is 12.3. The molecule has 1 heterocycles. The van der Waals surface area contributed by atoms with Gasteiger partial charge in [0, 0.05) is 24.4 Å². The van der Waals surface area contributed by atoms with Gasteiger partial charge in [0.15, 0.2) is 0 Å². The Hall–Kier alpha value is -1.36. The fraction of sp³-hybridized carbons (Fsp3) is 0.733. The van der Waals surface area contributed by atoms with Gasteiger partial charge in [-0.25, -0.2) is 9.78 Å². The highest BCUT2D eigenvalue weighted by molar-refractivity contribution is 5.80. The van der Waals surface area contributed by atoms with Gasteiger partial charge in [0.1, 0.15) is 11.4 Å². The van der Waals surface area contributed by atoms with Crippen LogP contribution in [0.3, 0.4) is 0 Å². The Bertz CT molecular complexity index is 465. The number of rotatable bonds is 7. The summed E-state index contributed by atoms with van der Waals surface area (Å²) in [5.41, 5.74) is -0.693. The van der Waals surface area contributed by atoms with Gasteiger partial charge < -0.3 is 9.30 Å². The number of carbonyl (C=O) groups excluding carboxylic acids is 1. The van der Waals surface area contributed by atoms with E-state index in [1.807, 2.05) is 20.0 Å². The predicted octanol–water partition coefficient (Wildman–Crippen LogP) is 2.08. The smallest absolute Gasteiger partial charge is 0.327 e. The summed E-state index contributed by atoms with van der Waals surface area (Å²) in [5.74, 6) is 1.14. The number of aromatic nitrogens is 2. The first kappa shape index (κ1) is 15.0. The quantitative estimate of drug-likeness (QED) is 0.776. The molecule has 0 spiro atoms. The summed E-state index contributed by atoms with van der Waals surface area (Å²) in [7, 11) is 0. The van der Waals surface area contributed by atoms with Crippen LogP contribution in [0.4, 0.5) is 0 Å². The third kappa shape index (κ3) is 3.39. The van der Waals surface area contributed by atoms with E-state index in [2.05, 4.69) is 28.7 Å². The number of nitrogens with zero attached hydrogens (tertiary/aromatic N) is 2. The number of nitrogens with one attached hydrogen (secondary N) is 1. The van der Waals surface area contributed by atoms with E-state index in [1.165, 1.54) is 0 Å². The first-order valence-corrected chi connectivity index (χ1v) is 7.42. The van der Waals surface area contributed by atoms with Crippen LogP contribution in [-0.4, -0.2) is 33.7 Å². The Balaban J connectivity index is 2.17. The lowest BCUT2D eigenvalue weighted by Crippen LogP contribution is -2.54. The Labute approximate surface area is 120 Å². The van der Waals surface area contributed by atoms with Crippen LogP contribution in [0.15, 0.2) is 12.4 Å². The lowest BCUT2D eigenvalue weighted by atomic mass is 10.0. The van der Waals surface area contributed by atoms with Crippen LogP contribution < -0.4 is 5.32 Å². The van der Waals surface area contributed by atoms with E-state index in [0.717, 1.165) is 18.7 Å². The van der Waals surface area contributed by atoms with Crippen LogP contribution in [0.5, 0.6) is 0 Å². The lowest BCUT2D eigenvalue weighted by Gasteiger charge is -2.30. The molecule has 1 aromatic heterocycles. The largest absolute Gasteiger partial charge is 0.465 e. The lowest BCUT2D eigenvalue weighted by molar-refractivity contribution is -0.151. The van der Waals surface area contributed by atoms with E-state index >= 15 is 0 Å². The molecular formula is C15H25N3O2. The van der Waals surface area contributed by atoms with E-state index in [0.29, 0.717) is 25.1 Å². The van der Waals surface area contributed by atoms with Crippen molar-refractivity contribution in [2.75, 3.05) is 6.61 Å². The first-order valence-electron chi connectivity index (χ1n) is 7.42. The fourth-order valence-electron chi connectivity index (χ4n) is 2.43. The number of carbonyl (C=O) groups is 1. The summed E-state index contributed by atoms with van der Waals surface area (Å²) in [5, 5.41) is 3.43. The van der Waals surface area contributed by atoms with Crippen molar-refractivity contribution in [3.05, 3.63) is 18.2 Å². The molecule has 1 atom stereocenters. The van der Waals surface area contributed by atoms with Crippen molar-refractivity contribution in [3.63, 3.8) is 0 Å². The Morgan fingerprint density at radius 1 is 1.60 bits per heavy atom. The average molecular weight is 279 g/mol. The molecule has 1 saturated carbocycles. The van der Waals surface area contributed by atoms with Crippen molar-refractivity contribution in [2.24, 2.45) is 0 Å². The van der Waals surface area contributed by atoms with E-state index in [1.54, 1.807) is 6.20 Å². The number of hydrogen-bond acceptors (Lipinski definition) is 4. The van der Waals surface area contributed by atoms with Gasteiger partial charge in [0.05, 0.1) is 13.2 Å². The summed E-state index contributed by atoms with van der Waals surface area (Å²) < 4.78 is 7.30. The monoisotopic (exact) mass is 279 g/mol. The molecule has 2 rings (SSSR count). The summed E-state index contributed by atoms with van der Waals surface area (Å²) in [4.78, 5) is 16.7. The minimum absolute atomic E-state index is 0.185. The molecule has 0 saturated heterocycles. The van der Waals surface area contributed by atoms with Crippen molar-refractivity contribution >= 4 is 5.97 Å². The summed E-state index contributed by atoms with van der Waals surface area (Å²) in [6, 6.07) is 0.440. The molecule has 1 N–H and O–H groups in total. The second kappa shape index (κ2) is 5.95. The van der Waals surface area contributed by atoms with E-state index in [4.69, 9.17) is 4.74 Å². The van der Waals surface area contributed by atoms with Crippen LogP contribution in [0.2, 0.25) is 0 Å². The van der Waals surface area contributed by atoms with Crippen LogP contribution in [0.25, 0.3) is 0 Å². The zero-order valence-corrected chi connectivity index (χ0v) is 12.8. The van der Waals surface area contributed by atoms with Gasteiger partial charge in [-0.1, -0.05) is 13.8 Å². The minimum Gasteiger partial charge on any atom is -0.465 e. The minimum atomic E-state index is -0.693. The molecular weight excluding hydrogens is 254 g/mol. The van der Waals surface area contributed by atoms with Crippen LogP contribution in [0, 0.1) is 0 Å². The molecule has 0 bridgehead atoms. The molecule has 0 aliphatic heterocycles. The molecule has 20 heavy (non-hydrogen) atoms. The van der Waals surface area contributed by atoms with Gasteiger partial charge in [-0.2, -0.15) is 0 Å². The van der Waals surface area contributed by atoms with Gasteiger partial charge >= 0.3 is 5.97 Å². The Kier molecular flexibility index (Phi) is 4.48. The molecule has 1 aliphatic carbocycles. The van der Waals surface area contributed by atoms with Gasteiger partial charge in [-0.15, -0.1) is 0 Å². The maximum absolute atomic E-state index is 12.3. The highest BCUT2D eigenvalue weighted by Gasteiger charge is 2.40. The molecule has 5 nitrogen and oxygen atoms in total. The molecule has 1 fully saturated rings. The van der Waals surface area contributed by atoms with E-state index in [9.17, 15) is 4.79 Å². The molecule has 5 heteroatoms. The average Bonchev–Trinajstić information content (AvgIpc) is 3.05. The summed E-state index contributed by atoms with van der Waals surface area (Å²) >= 11 is 0. The van der Waals surface area contributed by atoms with Crippen molar-refractivity contribution in [2.45, 2.75) is 64.6 Å². The third-order valence-electron chi connectivity index (χ3n) is 3.58. The Morgan fingerprint density at radius 3 is 2.85 bits per heavy atom. The second-order valence-corrected chi connectivity index (χ2v) is 6.04. The zero-order valence-electron chi connectivity index (χ0n) is 12.8. The number of ether oxygens (including phenoxy) is 1. The maximum Gasteiger partial charge on any atom is 0.327 e. The molecule has 1 aromatic rings. The second-order valence-electron chi connectivity index (χ2n) is 6.04. The van der Waals surface area contributed by atoms with Crippen molar-refractivity contribution in [3.8, 4) is 0 Å².